The molecule has 1 fully saturated rings. The number of aromatic nitrogens is 2. The molecule has 3 rings (SSSR count). The molecule has 0 aliphatic carbocycles. The molecule has 144 valence electrons. The molecule has 0 N–H and O–H groups in total. The van der Waals surface area contributed by atoms with Crippen LogP contribution in [0.3, 0.4) is 0 Å². The van der Waals surface area contributed by atoms with Crippen LogP contribution in [0.4, 0.5) is 9.18 Å². The van der Waals surface area contributed by atoms with Gasteiger partial charge in [0.05, 0.1) is 30.0 Å². The van der Waals surface area contributed by atoms with Crippen LogP contribution in [0.5, 0.6) is 5.75 Å². The van der Waals surface area contributed by atoms with E-state index in [1.165, 1.54) is 15.6 Å². The van der Waals surface area contributed by atoms with Gasteiger partial charge in [-0.1, -0.05) is 0 Å². The number of nitrogens with zero attached hydrogens (tertiary/aromatic N) is 4. The summed E-state index contributed by atoms with van der Waals surface area (Å²) in [5, 5.41) is 13.2. The Labute approximate surface area is 164 Å². The van der Waals surface area contributed by atoms with Crippen molar-refractivity contribution in [3.63, 3.8) is 0 Å². The lowest BCUT2D eigenvalue weighted by atomic mass is 10.1. The van der Waals surface area contributed by atoms with Crippen LogP contribution < -0.4 is 4.74 Å². The van der Waals surface area contributed by atoms with Gasteiger partial charge in [-0.2, -0.15) is 10.4 Å². The van der Waals surface area contributed by atoms with Gasteiger partial charge in [-0.15, -0.1) is 0 Å². The van der Waals surface area contributed by atoms with Crippen molar-refractivity contribution in [2.75, 3.05) is 19.7 Å². The number of ether oxygens (including phenoxy) is 2. The minimum absolute atomic E-state index is 0.0777. The van der Waals surface area contributed by atoms with Crippen LogP contribution in [0.25, 0.3) is 5.52 Å². The summed E-state index contributed by atoms with van der Waals surface area (Å²) >= 11 is 3.39. The highest BCUT2D eigenvalue weighted by molar-refractivity contribution is 9.10. The van der Waals surface area contributed by atoms with Crippen molar-refractivity contribution in [3.05, 3.63) is 28.5 Å². The highest BCUT2D eigenvalue weighted by Gasteiger charge is 2.42. The van der Waals surface area contributed by atoms with Gasteiger partial charge < -0.3 is 14.4 Å². The number of carbonyl (C=O) groups is 1. The van der Waals surface area contributed by atoms with Gasteiger partial charge in [0.1, 0.15) is 24.0 Å². The summed E-state index contributed by atoms with van der Waals surface area (Å²) in [6.45, 7) is 5.32. The molecule has 1 aliphatic rings. The van der Waals surface area contributed by atoms with Crippen LogP contribution in [0.1, 0.15) is 32.8 Å². The number of hydrogen-bond acceptors (Lipinski definition) is 5. The molecular weight excluding hydrogens is 419 g/mol. The second-order valence-corrected chi connectivity index (χ2v) is 8.43. The summed E-state index contributed by atoms with van der Waals surface area (Å²) in [5.41, 5.74) is -1.22. The fraction of sp³-hybridized carbons (Fsp3) is 0.500. The highest BCUT2D eigenvalue weighted by atomic mass is 79.9. The summed E-state index contributed by atoms with van der Waals surface area (Å²) < 4.78 is 28.1. The fourth-order valence-electron chi connectivity index (χ4n) is 2.86. The van der Waals surface area contributed by atoms with Gasteiger partial charge in [0, 0.05) is 17.4 Å². The first-order chi connectivity index (χ1) is 12.6. The van der Waals surface area contributed by atoms with E-state index in [-0.39, 0.29) is 26.1 Å². The van der Waals surface area contributed by atoms with E-state index in [2.05, 4.69) is 27.1 Å². The van der Waals surface area contributed by atoms with Gasteiger partial charge in [-0.3, -0.25) is 0 Å². The van der Waals surface area contributed by atoms with Crippen molar-refractivity contribution < 1.29 is 18.7 Å². The molecule has 2 aromatic rings. The molecule has 9 heteroatoms. The second kappa shape index (κ2) is 7.00. The predicted octanol–water partition coefficient (Wildman–Crippen LogP) is 3.70. The standard InChI is InChI=1S/C18H20BrFN4O3/c1-17(2,3)27-16(25)23-5-4-18(20,10-23)11-26-13-6-14(19)15-12(7-21)8-22-24(15)9-13/h6,8-9H,4-5,10-11H2,1-3H3. The molecule has 0 saturated carbocycles. The molecule has 0 spiro atoms. The average Bonchev–Trinajstić information content (AvgIpc) is 3.16. The zero-order valence-corrected chi connectivity index (χ0v) is 16.9. The van der Waals surface area contributed by atoms with Crippen molar-refractivity contribution in [2.24, 2.45) is 0 Å². The lowest BCUT2D eigenvalue weighted by Gasteiger charge is -2.25. The maximum absolute atomic E-state index is 15.1. The molecule has 0 bridgehead atoms. The van der Waals surface area contributed by atoms with Crippen molar-refractivity contribution >= 4 is 27.5 Å². The number of fused-ring (bicyclic) bond motifs is 1. The van der Waals surface area contributed by atoms with Gasteiger partial charge in [0.2, 0.25) is 0 Å². The van der Waals surface area contributed by atoms with Crippen LogP contribution in [0.15, 0.2) is 22.9 Å². The first-order valence-corrected chi connectivity index (χ1v) is 9.26. The largest absolute Gasteiger partial charge is 0.489 e. The van der Waals surface area contributed by atoms with E-state index in [1.54, 1.807) is 33.0 Å². The molecule has 0 aromatic carbocycles. The van der Waals surface area contributed by atoms with Crippen molar-refractivity contribution in [1.82, 2.24) is 14.5 Å². The van der Waals surface area contributed by atoms with Gasteiger partial charge in [0.15, 0.2) is 5.67 Å². The number of alkyl halides is 1. The Morgan fingerprint density at radius 2 is 2.26 bits per heavy atom. The van der Waals surface area contributed by atoms with E-state index < -0.39 is 17.4 Å². The van der Waals surface area contributed by atoms with Crippen molar-refractivity contribution in [3.8, 4) is 11.8 Å². The van der Waals surface area contributed by atoms with Crippen LogP contribution >= 0.6 is 15.9 Å². The minimum atomic E-state index is -1.65. The topological polar surface area (TPSA) is 79.9 Å². The van der Waals surface area contributed by atoms with Crippen LogP contribution in [-0.2, 0) is 4.74 Å². The summed E-state index contributed by atoms with van der Waals surface area (Å²) in [7, 11) is 0. The normalized spacial score (nSPS) is 19.9. The fourth-order valence-corrected chi connectivity index (χ4v) is 3.48. The molecule has 0 radical (unpaired) electrons. The van der Waals surface area contributed by atoms with Gasteiger partial charge in [0.25, 0.3) is 0 Å². The Bertz CT molecular complexity index is 918. The maximum Gasteiger partial charge on any atom is 0.410 e. The zero-order valence-electron chi connectivity index (χ0n) is 15.3. The maximum atomic E-state index is 15.1. The van der Waals surface area contributed by atoms with Gasteiger partial charge >= 0.3 is 6.09 Å². The number of halogens is 2. The molecule has 7 nitrogen and oxygen atoms in total. The number of rotatable bonds is 3. The van der Waals surface area contributed by atoms with Crippen LogP contribution in [-0.4, -0.2) is 51.6 Å². The Balaban J connectivity index is 1.66. The Kier molecular flexibility index (Phi) is 5.04. The molecule has 27 heavy (non-hydrogen) atoms. The minimum Gasteiger partial charge on any atom is -0.489 e. The predicted molar refractivity (Wildman–Crippen MR) is 99.4 cm³/mol. The van der Waals surface area contributed by atoms with E-state index in [1.807, 2.05) is 0 Å². The SMILES string of the molecule is CC(C)(C)OC(=O)N1CCC(F)(COc2cc(Br)c3c(C#N)cnn3c2)C1. The molecular formula is C18H20BrFN4O3. The number of nitriles is 1. The molecule has 1 saturated heterocycles. The number of amides is 1. The molecule has 1 unspecified atom stereocenters. The van der Waals surface area contributed by atoms with E-state index in [0.717, 1.165) is 0 Å². The number of hydrogen-bond donors (Lipinski definition) is 0. The van der Waals surface area contributed by atoms with E-state index in [9.17, 15) is 4.79 Å². The van der Waals surface area contributed by atoms with E-state index >= 15 is 4.39 Å². The Hall–Kier alpha value is -2.34. The summed E-state index contributed by atoms with van der Waals surface area (Å²) in [5.74, 6) is 0.412. The molecule has 1 atom stereocenters. The lowest BCUT2D eigenvalue weighted by molar-refractivity contribution is 0.0230. The van der Waals surface area contributed by atoms with Crippen molar-refractivity contribution in [1.29, 1.82) is 5.26 Å². The van der Waals surface area contributed by atoms with Gasteiger partial charge in [-0.25, -0.2) is 13.7 Å². The highest BCUT2D eigenvalue weighted by Crippen LogP contribution is 2.30. The molecule has 1 aliphatic heterocycles. The molecule has 2 aromatic heterocycles. The Morgan fingerprint density at radius 1 is 1.52 bits per heavy atom. The summed E-state index contributed by atoms with van der Waals surface area (Å²) in [4.78, 5) is 13.5. The monoisotopic (exact) mass is 438 g/mol. The summed E-state index contributed by atoms with van der Waals surface area (Å²) in [6.07, 6.45) is 2.70. The smallest absolute Gasteiger partial charge is 0.410 e. The van der Waals surface area contributed by atoms with Crippen molar-refractivity contribution in [2.45, 2.75) is 38.5 Å². The van der Waals surface area contributed by atoms with Crippen LogP contribution in [0.2, 0.25) is 0 Å². The third-order valence-electron chi connectivity index (χ3n) is 4.11. The lowest BCUT2D eigenvalue weighted by Crippen LogP contribution is -2.39. The first kappa shape index (κ1) is 19.4. The average molecular weight is 439 g/mol. The third-order valence-corrected chi connectivity index (χ3v) is 4.72. The Morgan fingerprint density at radius 3 is 2.93 bits per heavy atom. The van der Waals surface area contributed by atoms with E-state index in [0.29, 0.717) is 21.3 Å². The molecule has 3 heterocycles. The quantitative estimate of drug-likeness (QED) is 0.729. The number of carbonyl (C=O) groups excluding carboxylic acids is 1. The first-order valence-electron chi connectivity index (χ1n) is 8.47. The molecule has 1 amide bonds. The van der Waals surface area contributed by atoms with Crippen LogP contribution in [0, 0.1) is 11.3 Å². The third kappa shape index (κ3) is 4.33. The number of pyridine rings is 1. The second-order valence-electron chi connectivity index (χ2n) is 7.58. The van der Waals surface area contributed by atoms with Gasteiger partial charge in [-0.05, 0) is 42.8 Å². The number of likely N-dealkylation sites (tertiary alicyclic amines) is 1. The summed E-state index contributed by atoms with van der Waals surface area (Å²) in [6, 6.07) is 3.73. The van der Waals surface area contributed by atoms with E-state index in [4.69, 9.17) is 14.7 Å². The zero-order chi connectivity index (χ0) is 19.8.